The molecule has 0 unspecified atom stereocenters. The van der Waals surface area contributed by atoms with Crippen LogP contribution in [-0.4, -0.2) is 48.0 Å². The summed E-state index contributed by atoms with van der Waals surface area (Å²) in [7, 11) is 1.54. The third-order valence-electron chi connectivity index (χ3n) is 4.26. The molecule has 0 radical (unpaired) electrons. The van der Waals surface area contributed by atoms with Gasteiger partial charge in [0.05, 0.1) is 30.2 Å². The molecule has 10 heteroatoms. The number of carbonyl (C=O) groups excluding carboxylic acids is 2. The number of hydrogen-bond acceptors (Lipinski definition) is 8. The van der Waals surface area contributed by atoms with E-state index in [0.717, 1.165) is 0 Å². The number of hydrogen-bond donors (Lipinski definition) is 2. The second-order valence-electron chi connectivity index (χ2n) is 6.06. The van der Waals surface area contributed by atoms with Crippen LogP contribution in [0.25, 0.3) is 0 Å². The first-order chi connectivity index (χ1) is 13.5. The van der Waals surface area contributed by atoms with Crippen LogP contribution in [0, 0.1) is 10.1 Å². The molecule has 1 saturated heterocycles. The van der Waals surface area contributed by atoms with Crippen LogP contribution in [0.1, 0.15) is 6.42 Å². The van der Waals surface area contributed by atoms with Crippen molar-refractivity contribution in [3.8, 4) is 5.75 Å². The molecule has 2 heterocycles. The Morgan fingerprint density at radius 2 is 1.96 bits per heavy atom. The second kappa shape index (κ2) is 8.44. The molecule has 0 bridgehead atoms. The zero-order valence-corrected chi connectivity index (χ0v) is 15.1. The Kier molecular flexibility index (Phi) is 5.80. The van der Waals surface area contributed by atoms with Crippen LogP contribution < -0.4 is 20.3 Å². The minimum atomic E-state index is -0.596. The van der Waals surface area contributed by atoms with E-state index in [1.807, 2.05) is 0 Å². The molecule has 146 valence electrons. The fraction of sp³-hybridized carbons (Fsp3) is 0.278. The standard InChI is InChI=1S/C18H19N5O5/c1-28-14-5-2-12(3-6-14)22-17(24)10-15(18(22)25)19-8-9-20-16-7-4-13(11-21-16)23(26)27/h2-7,11,15,19H,8-10H2,1H3,(H,20,21)/t15-/m1/s1. The molecule has 2 aromatic rings. The molecule has 0 spiro atoms. The van der Waals surface area contributed by atoms with E-state index in [-0.39, 0.29) is 23.9 Å². The van der Waals surface area contributed by atoms with Gasteiger partial charge in [0.1, 0.15) is 17.8 Å². The van der Waals surface area contributed by atoms with Crippen LogP contribution in [0.2, 0.25) is 0 Å². The smallest absolute Gasteiger partial charge is 0.287 e. The first-order valence-electron chi connectivity index (χ1n) is 8.58. The summed E-state index contributed by atoms with van der Waals surface area (Å²) in [5, 5.41) is 16.6. The number of anilines is 2. The molecule has 10 nitrogen and oxygen atoms in total. The number of ether oxygens (including phenoxy) is 1. The Labute approximate surface area is 160 Å². The van der Waals surface area contributed by atoms with Crippen LogP contribution in [0.15, 0.2) is 42.6 Å². The lowest BCUT2D eigenvalue weighted by molar-refractivity contribution is -0.385. The number of aromatic nitrogens is 1. The first-order valence-corrected chi connectivity index (χ1v) is 8.58. The monoisotopic (exact) mass is 385 g/mol. The van der Waals surface area contributed by atoms with Gasteiger partial charge in [-0.3, -0.25) is 19.7 Å². The lowest BCUT2D eigenvalue weighted by Gasteiger charge is -2.16. The van der Waals surface area contributed by atoms with E-state index in [9.17, 15) is 19.7 Å². The van der Waals surface area contributed by atoms with Crippen molar-refractivity contribution >= 4 is 29.0 Å². The molecule has 1 aromatic carbocycles. The van der Waals surface area contributed by atoms with Gasteiger partial charge in [0, 0.05) is 19.2 Å². The van der Waals surface area contributed by atoms with E-state index in [2.05, 4.69) is 15.6 Å². The highest BCUT2D eigenvalue weighted by molar-refractivity contribution is 6.22. The van der Waals surface area contributed by atoms with Crippen molar-refractivity contribution in [2.75, 3.05) is 30.4 Å². The topological polar surface area (TPSA) is 127 Å². The van der Waals surface area contributed by atoms with Crippen molar-refractivity contribution in [3.05, 3.63) is 52.7 Å². The highest BCUT2D eigenvalue weighted by atomic mass is 16.6. The quantitative estimate of drug-likeness (QED) is 0.302. The zero-order chi connectivity index (χ0) is 20.1. The number of carbonyl (C=O) groups is 2. The van der Waals surface area contributed by atoms with Crippen molar-refractivity contribution in [2.24, 2.45) is 0 Å². The van der Waals surface area contributed by atoms with Gasteiger partial charge in [-0.05, 0) is 30.3 Å². The Bertz CT molecular complexity index is 869. The third-order valence-corrected chi connectivity index (χ3v) is 4.26. The molecule has 1 aromatic heterocycles. The van der Waals surface area contributed by atoms with Crippen molar-refractivity contribution < 1.29 is 19.2 Å². The molecule has 2 N–H and O–H groups in total. The minimum Gasteiger partial charge on any atom is -0.497 e. The Balaban J connectivity index is 1.50. The van der Waals surface area contributed by atoms with Crippen molar-refractivity contribution in [3.63, 3.8) is 0 Å². The average molecular weight is 385 g/mol. The summed E-state index contributed by atoms with van der Waals surface area (Å²) < 4.78 is 5.08. The van der Waals surface area contributed by atoms with E-state index in [4.69, 9.17) is 4.74 Å². The molecule has 28 heavy (non-hydrogen) atoms. The SMILES string of the molecule is COc1ccc(N2C(=O)C[C@@H](NCCNc3ccc([N+](=O)[O-])cn3)C2=O)cc1. The van der Waals surface area contributed by atoms with Gasteiger partial charge in [-0.25, -0.2) is 9.88 Å². The maximum Gasteiger partial charge on any atom is 0.287 e. The van der Waals surface area contributed by atoms with Gasteiger partial charge >= 0.3 is 0 Å². The number of nitrogens with one attached hydrogen (secondary N) is 2. The fourth-order valence-electron chi connectivity index (χ4n) is 2.83. The maximum absolute atomic E-state index is 12.6. The molecular weight excluding hydrogens is 366 g/mol. The van der Waals surface area contributed by atoms with Gasteiger partial charge < -0.3 is 15.4 Å². The first kappa shape index (κ1) is 19.2. The number of nitrogens with zero attached hydrogens (tertiary/aromatic N) is 3. The van der Waals surface area contributed by atoms with Crippen LogP contribution >= 0.6 is 0 Å². The summed E-state index contributed by atoms with van der Waals surface area (Å²) in [4.78, 5) is 40.0. The second-order valence-corrected chi connectivity index (χ2v) is 6.06. The van der Waals surface area contributed by atoms with Crippen LogP contribution in [-0.2, 0) is 9.59 Å². The van der Waals surface area contributed by atoms with Gasteiger partial charge in [0.15, 0.2) is 0 Å². The van der Waals surface area contributed by atoms with Gasteiger partial charge in [0.25, 0.3) is 11.6 Å². The molecule has 0 saturated carbocycles. The largest absolute Gasteiger partial charge is 0.497 e. The summed E-state index contributed by atoms with van der Waals surface area (Å²) >= 11 is 0. The predicted octanol–water partition coefficient (Wildman–Crippen LogP) is 1.33. The van der Waals surface area contributed by atoms with E-state index >= 15 is 0 Å². The maximum atomic E-state index is 12.6. The highest BCUT2D eigenvalue weighted by Gasteiger charge is 2.39. The molecule has 2 amide bonds. The van der Waals surface area contributed by atoms with E-state index in [1.165, 1.54) is 23.2 Å². The summed E-state index contributed by atoms with van der Waals surface area (Å²) in [5.41, 5.74) is 0.422. The van der Waals surface area contributed by atoms with Gasteiger partial charge in [0.2, 0.25) is 5.91 Å². The van der Waals surface area contributed by atoms with Crippen molar-refractivity contribution in [1.82, 2.24) is 10.3 Å². The number of imide groups is 1. The summed E-state index contributed by atoms with van der Waals surface area (Å²) in [6, 6.07) is 8.98. The van der Waals surface area contributed by atoms with Crippen LogP contribution in [0.5, 0.6) is 5.75 Å². The van der Waals surface area contributed by atoms with Crippen LogP contribution in [0.3, 0.4) is 0 Å². The van der Waals surface area contributed by atoms with Crippen LogP contribution in [0.4, 0.5) is 17.2 Å². The molecule has 1 fully saturated rings. The normalized spacial score (nSPS) is 16.3. The van der Waals surface area contributed by atoms with E-state index in [1.54, 1.807) is 31.4 Å². The number of amides is 2. The van der Waals surface area contributed by atoms with Crippen molar-refractivity contribution in [2.45, 2.75) is 12.5 Å². The number of benzene rings is 1. The lowest BCUT2D eigenvalue weighted by atomic mass is 10.2. The molecule has 1 atom stereocenters. The fourth-order valence-corrected chi connectivity index (χ4v) is 2.83. The number of pyridine rings is 1. The van der Waals surface area contributed by atoms with Crippen molar-refractivity contribution in [1.29, 1.82) is 0 Å². The minimum absolute atomic E-state index is 0.0840. The molecule has 0 aliphatic carbocycles. The van der Waals surface area contributed by atoms with Gasteiger partial charge in [-0.1, -0.05) is 0 Å². The molecular formula is C18H19N5O5. The molecule has 3 rings (SSSR count). The Morgan fingerprint density at radius 3 is 2.57 bits per heavy atom. The van der Waals surface area contributed by atoms with Gasteiger partial charge in [-0.2, -0.15) is 0 Å². The number of nitro groups is 1. The Hall–Kier alpha value is -3.53. The Morgan fingerprint density at radius 1 is 1.21 bits per heavy atom. The van der Waals surface area contributed by atoms with Gasteiger partial charge in [-0.15, -0.1) is 0 Å². The third kappa shape index (κ3) is 4.23. The molecule has 1 aliphatic rings. The molecule has 1 aliphatic heterocycles. The number of rotatable bonds is 8. The lowest BCUT2D eigenvalue weighted by Crippen LogP contribution is -2.40. The number of methoxy groups -OCH3 is 1. The average Bonchev–Trinajstić information content (AvgIpc) is 2.99. The summed E-state index contributed by atoms with van der Waals surface area (Å²) in [6.45, 7) is 0.851. The van der Waals surface area contributed by atoms with E-state index < -0.39 is 11.0 Å². The predicted molar refractivity (Wildman–Crippen MR) is 101 cm³/mol. The van der Waals surface area contributed by atoms with E-state index in [0.29, 0.717) is 30.3 Å². The zero-order valence-electron chi connectivity index (χ0n) is 15.1. The summed E-state index contributed by atoms with van der Waals surface area (Å²) in [6.07, 6.45) is 1.25. The highest BCUT2D eigenvalue weighted by Crippen LogP contribution is 2.25. The summed E-state index contributed by atoms with van der Waals surface area (Å²) in [5.74, 6) is 0.561.